The van der Waals surface area contributed by atoms with Crippen LogP contribution in [0.25, 0.3) is 11.1 Å². The quantitative estimate of drug-likeness (QED) is 0.522. The number of anilines is 1. The molecule has 0 saturated heterocycles. The molecule has 1 aromatic carbocycles. The van der Waals surface area contributed by atoms with E-state index < -0.39 is 5.97 Å². The van der Waals surface area contributed by atoms with E-state index in [0.717, 1.165) is 29.8 Å². The lowest BCUT2D eigenvalue weighted by atomic mass is 10.0. The number of pyridine rings is 1. The van der Waals surface area contributed by atoms with Crippen LogP contribution in [-0.2, 0) is 0 Å². The van der Waals surface area contributed by atoms with Crippen LogP contribution in [0.2, 0.25) is 0 Å². The van der Waals surface area contributed by atoms with E-state index in [9.17, 15) is 9.90 Å². The van der Waals surface area contributed by atoms with Crippen LogP contribution in [-0.4, -0.2) is 22.6 Å². The Hall–Kier alpha value is -2.36. The first kappa shape index (κ1) is 19.0. The van der Waals surface area contributed by atoms with Gasteiger partial charge >= 0.3 is 5.97 Å². The Kier molecular flexibility index (Phi) is 7.96. The maximum atomic E-state index is 11.4. The van der Waals surface area contributed by atoms with Gasteiger partial charge in [0, 0.05) is 24.6 Å². The number of aromatic carboxylic acids is 1. The fourth-order valence-corrected chi connectivity index (χ4v) is 2.88. The zero-order valence-electron chi connectivity index (χ0n) is 15.0. The molecule has 0 bridgehead atoms. The number of hydrogen-bond donors (Lipinski definition) is 2. The highest BCUT2D eigenvalue weighted by Gasteiger charge is 2.08. The summed E-state index contributed by atoms with van der Waals surface area (Å²) in [5.74, 6) is -0.908. The first-order valence-electron chi connectivity index (χ1n) is 9.23. The Labute approximate surface area is 150 Å². The summed E-state index contributed by atoms with van der Waals surface area (Å²) in [5.41, 5.74) is 3.02. The Bertz CT molecular complexity index is 656. The highest BCUT2D eigenvalue weighted by Crippen LogP contribution is 2.24. The minimum absolute atomic E-state index is 0.302. The lowest BCUT2D eigenvalue weighted by Crippen LogP contribution is -2.04. The standard InChI is InChI=1S/C21H28N2O2/c1-2-3-4-5-6-7-8-11-23-20-15-18(14-19(16-20)21(24)25)17-9-12-22-13-10-17/h9-10,12-16,23H,2-8,11H2,1H3,(H,24,25). The van der Waals surface area contributed by atoms with Gasteiger partial charge in [0.05, 0.1) is 5.56 Å². The van der Waals surface area contributed by atoms with Gasteiger partial charge in [-0.05, 0) is 47.9 Å². The summed E-state index contributed by atoms with van der Waals surface area (Å²) in [6.45, 7) is 3.10. The fourth-order valence-electron chi connectivity index (χ4n) is 2.88. The second-order valence-electron chi connectivity index (χ2n) is 6.39. The number of hydrogen-bond acceptors (Lipinski definition) is 3. The van der Waals surface area contributed by atoms with E-state index in [2.05, 4.69) is 17.2 Å². The molecule has 0 saturated carbocycles. The maximum Gasteiger partial charge on any atom is 0.335 e. The summed E-state index contributed by atoms with van der Waals surface area (Å²) < 4.78 is 0. The second-order valence-corrected chi connectivity index (χ2v) is 6.39. The smallest absolute Gasteiger partial charge is 0.335 e. The van der Waals surface area contributed by atoms with E-state index >= 15 is 0 Å². The molecule has 0 fully saturated rings. The van der Waals surface area contributed by atoms with E-state index in [-0.39, 0.29) is 0 Å². The van der Waals surface area contributed by atoms with Crippen molar-refractivity contribution < 1.29 is 9.90 Å². The van der Waals surface area contributed by atoms with Gasteiger partial charge in [0.15, 0.2) is 0 Å². The fraction of sp³-hybridized carbons (Fsp3) is 0.429. The highest BCUT2D eigenvalue weighted by molar-refractivity contribution is 5.91. The van der Waals surface area contributed by atoms with Crippen LogP contribution in [0.3, 0.4) is 0 Å². The number of carbonyl (C=O) groups is 1. The molecule has 0 aliphatic heterocycles. The molecule has 0 spiro atoms. The summed E-state index contributed by atoms with van der Waals surface area (Å²) in [6, 6.07) is 9.19. The molecule has 0 amide bonds. The van der Waals surface area contributed by atoms with E-state index in [0.29, 0.717) is 5.56 Å². The van der Waals surface area contributed by atoms with Gasteiger partial charge in [-0.25, -0.2) is 4.79 Å². The molecule has 2 aromatic rings. The normalized spacial score (nSPS) is 10.6. The molecule has 0 radical (unpaired) electrons. The first-order valence-corrected chi connectivity index (χ1v) is 9.23. The van der Waals surface area contributed by atoms with Crippen molar-refractivity contribution in [1.82, 2.24) is 4.98 Å². The number of aromatic nitrogens is 1. The summed E-state index contributed by atoms with van der Waals surface area (Å²) in [6.07, 6.45) is 12.3. The lowest BCUT2D eigenvalue weighted by molar-refractivity contribution is 0.0697. The van der Waals surface area contributed by atoms with Gasteiger partial charge in [-0.15, -0.1) is 0 Å². The summed E-state index contributed by atoms with van der Waals surface area (Å²) in [4.78, 5) is 15.4. The molecule has 25 heavy (non-hydrogen) atoms. The second kappa shape index (κ2) is 10.5. The Balaban J connectivity index is 1.91. The van der Waals surface area contributed by atoms with Crippen LogP contribution in [0.1, 0.15) is 62.2 Å². The molecule has 2 N–H and O–H groups in total. The summed E-state index contributed by atoms with van der Waals surface area (Å²) in [5, 5.41) is 12.7. The third-order valence-corrected chi connectivity index (χ3v) is 4.30. The molecule has 0 aliphatic rings. The number of rotatable bonds is 11. The van der Waals surface area contributed by atoms with Crippen LogP contribution in [0.5, 0.6) is 0 Å². The minimum Gasteiger partial charge on any atom is -0.478 e. The zero-order valence-corrected chi connectivity index (χ0v) is 15.0. The first-order chi connectivity index (χ1) is 12.2. The zero-order chi connectivity index (χ0) is 17.9. The molecule has 0 aliphatic carbocycles. The third-order valence-electron chi connectivity index (χ3n) is 4.30. The molecule has 4 nitrogen and oxygen atoms in total. The number of nitrogens with zero attached hydrogens (tertiary/aromatic N) is 1. The van der Waals surface area contributed by atoms with Crippen molar-refractivity contribution >= 4 is 11.7 Å². The predicted octanol–water partition coefficient (Wildman–Crippen LogP) is 5.61. The monoisotopic (exact) mass is 340 g/mol. The van der Waals surface area contributed by atoms with Gasteiger partial charge in [0.2, 0.25) is 0 Å². The van der Waals surface area contributed by atoms with E-state index in [4.69, 9.17) is 0 Å². The van der Waals surface area contributed by atoms with E-state index in [1.54, 1.807) is 24.5 Å². The number of unbranched alkanes of at least 4 members (excludes halogenated alkanes) is 6. The van der Waals surface area contributed by atoms with Gasteiger partial charge in [-0.1, -0.05) is 45.4 Å². The molecule has 1 heterocycles. The van der Waals surface area contributed by atoms with Crippen molar-refractivity contribution in [3.8, 4) is 11.1 Å². The van der Waals surface area contributed by atoms with Crippen molar-refractivity contribution in [2.45, 2.75) is 51.9 Å². The number of carboxylic acid groups (broad SMARTS) is 1. The van der Waals surface area contributed by atoms with Crippen LogP contribution in [0, 0.1) is 0 Å². The minimum atomic E-state index is -0.908. The van der Waals surface area contributed by atoms with Crippen LogP contribution >= 0.6 is 0 Å². The molecular weight excluding hydrogens is 312 g/mol. The average molecular weight is 340 g/mol. The highest BCUT2D eigenvalue weighted by atomic mass is 16.4. The molecule has 2 rings (SSSR count). The number of benzene rings is 1. The van der Waals surface area contributed by atoms with Crippen molar-refractivity contribution in [3.63, 3.8) is 0 Å². The maximum absolute atomic E-state index is 11.4. The van der Waals surface area contributed by atoms with E-state index in [1.165, 1.54) is 38.5 Å². The molecule has 0 atom stereocenters. The van der Waals surface area contributed by atoms with Gasteiger partial charge in [0.1, 0.15) is 0 Å². The van der Waals surface area contributed by atoms with E-state index in [1.807, 2.05) is 18.2 Å². The Morgan fingerprint density at radius 1 is 0.960 bits per heavy atom. The Morgan fingerprint density at radius 2 is 1.64 bits per heavy atom. The van der Waals surface area contributed by atoms with Crippen LogP contribution in [0.15, 0.2) is 42.7 Å². The summed E-state index contributed by atoms with van der Waals surface area (Å²) in [7, 11) is 0. The van der Waals surface area contributed by atoms with Gasteiger partial charge in [-0.2, -0.15) is 0 Å². The van der Waals surface area contributed by atoms with Crippen molar-refractivity contribution in [2.24, 2.45) is 0 Å². The van der Waals surface area contributed by atoms with Gasteiger partial charge < -0.3 is 10.4 Å². The molecule has 4 heteroatoms. The Morgan fingerprint density at radius 3 is 2.32 bits per heavy atom. The van der Waals surface area contributed by atoms with Crippen molar-refractivity contribution in [3.05, 3.63) is 48.3 Å². The van der Waals surface area contributed by atoms with Gasteiger partial charge in [-0.3, -0.25) is 4.98 Å². The molecule has 134 valence electrons. The number of carboxylic acids is 1. The van der Waals surface area contributed by atoms with Crippen molar-refractivity contribution in [2.75, 3.05) is 11.9 Å². The van der Waals surface area contributed by atoms with Crippen LogP contribution < -0.4 is 5.32 Å². The average Bonchev–Trinajstić information content (AvgIpc) is 2.64. The third kappa shape index (κ3) is 6.57. The largest absolute Gasteiger partial charge is 0.478 e. The molecule has 1 aromatic heterocycles. The lowest BCUT2D eigenvalue weighted by Gasteiger charge is -2.10. The summed E-state index contributed by atoms with van der Waals surface area (Å²) >= 11 is 0. The SMILES string of the molecule is CCCCCCCCCNc1cc(C(=O)O)cc(-c2ccncc2)c1. The predicted molar refractivity (Wildman–Crippen MR) is 103 cm³/mol. The van der Waals surface area contributed by atoms with Crippen molar-refractivity contribution in [1.29, 1.82) is 0 Å². The molecule has 0 unspecified atom stereocenters. The number of nitrogens with one attached hydrogen (secondary N) is 1. The van der Waals surface area contributed by atoms with Crippen LogP contribution in [0.4, 0.5) is 5.69 Å². The van der Waals surface area contributed by atoms with Gasteiger partial charge in [0.25, 0.3) is 0 Å². The molecular formula is C21H28N2O2. The topological polar surface area (TPSA) is 62.2 Å².